The van der Waals surface area contributed by atoms with Crippen LogP contribution in [0.5, 0.6) is 0 Å². The third-order valence-electron chi connectivity index (χ3n) is 3.35. The van der Waals surface area contributed by atoms with Crippen LogP contribution < -0.4 is 5.76 Å². The molecule has 3 rings (SSSR count). The Labute approximate surface area is 120 Å². The van der Waals surface area contributed by atoms with Crippen LogP contribution >= 0.6 is 0 Å². The van der Waals surface area contributed by atoms with Gasteiger partial charge < -0.3 is 0 Å². The van der Waals surface area contributed by atoms with Crippen molar-refractivity contribution in [3.63, 3.8) is 0 Å². The smallest absolute Gasteiger partial charge is 0.296 e. The zero-order chi connectivity index (χ0) is 15.0. The number of tetrazole rings is 1. The summed E-state index contributed by atoms with van der Waals surface area (Å²) in [6, 6.07) is 5.96. The highest BCUT2D eigenvalue weighted by Gasteiger charge is 2.16. The maximum Gasteiger partial charge on any atom is 0.442 e. The summed E-state index contributed by atoms with van der Waals surface area (Å²) in [5, 5.41) is 15.4. The van der Waals surface area contributed by atoms with Gasteiger partial charge in [-0.2, -0.15) is 4.68 Å². The van der Waals surface area contributed by atoms with Gasteiger partial charge in [0.25, 0.3) is 0 Å². The van der Waals surface area contributed by atoms with Gasteiger partial charge in [0.05, 0.1) is 12.2 Å². The number of aryl methyl sites for hydroxylation is 3. The summed E-state index contributed by atoms with van der Waals surface area (Å²) in [7, 11) is 0. The van der Waals surface area contributed by atoms with Crippen molar-refractivity contribution in [3.8, 4) is 5.69 Å². The number of benzene rings is 1. The molecular formula is C13H14N6O2. The summed E-state index contributed by atoms with van der Waals surface area (Å²) in [5.41, 5.74) is 3.02. The van der Waals surface area contributed by atoms with Crippen LogP contribution in [0.15, 0.2) is 27.5 Å². The second kappa shape index (κ2) is 4.97. The molecule has 2 heterocycles. The molecule has 0 spiro atoms. The highest BCUT2D eigenvalue weighted by molar-refractivity contribution is 5.46. The number of rotatable bonds is 3. The zero-order valence-electron chi connectivity index (χ0n) is 11.9. The molecule has 0 radical (unpaired) electrons. The topological polar surface area (TPSA) is 91.6 Å². The number of hydrogen-bond acceptors (Lipinski definition) is 6. The first-order chi connectivity index (χ1) is 10.1. The van der Waals surface area contributed by atoms with E-state index in [4.69, 9.17) is 0 Å². The lowest BCUT2D eigenvalue weighted by Crippen LogP contribution is -2.19. The van der Waals surface area contributed by atoms with Gasteiger partial charge >= 0.3 is 5.76 Å². The number of para-hydroxylation sites is 1. The molecule has 0 saturated heterocycles. The largest absolute Gasteiger partial charge is 0.442 e. The van der Waals surface area contributed by atoms with Crippen LogP contribution in [0, 0.1) is 20.8 Å². The lowest BCUT2D eigenvalue weighted by atomic mass is 10.1. The van der Waals surface area contributed by atoms with Crippen LogP contribution in [0.1, 0.15) is 22.8 Å². The van der Waals surface area contributed by atoms with E-state index in [0.717, 1.165) is 16.8 Å². The Morgan fingerprint density at radius 3 is 2.52 bits per heavy atom. The van der Waals surface area contributed by atoms with Crippen LogP contribution in [-0.2, 0) is 6.54 Å². The van der Waals surface area contributed by atoms with Gasteiger partial charge in [0, 0.05) is 0 Å². The fourth-order valence-electron chi connectivity index (χ4n) is 2.27. The van der Waals surface area contributed by atoms with Gasteiger partial charge in [-0.25, -0.2) is 4.79 Å². The van der Waals surface area contributed by atoms with Gasteiger partial charge in [-0.15, -0.1) is 5.10 Å². The molecule has 8 heteroatoms. The summed E-state index contributed by atoms with van der Waals surface area (Å²) < 4.78 is 7.64. The number of aromatic nitrogens is 6. The second-order valence-electron chi connectivity index (χ2n) is 4.83. The van der Waals surface area contributed by atoms with Crippen LogP contribution in [-0.4, -0.2) is 29.9 Å². The Balaban J connectivity index is 2.08. The minimum atomic E-state index is -0.524. The van der Waals surface area contributed by atoms with Crippen molar-refractivity contribution in [2.45, 2.75) is 27.3 Å². The molecule has 0 aliphatic rings. The Hall–Kier alpha value is -2.77. The van der Waals surface area contributed by atoms with Crippen LogP contribution in [0.25, 0.3) is 5.69 Å². The summed E-state index contributed by atoms with van der Waals surface area (Å²) in [6.07, 6.45) is 0. The van der Waals surface area contributed by atoms with E-state index in [2.05, 4.69) is 25.2 Å². The molecule has 21 heavy (non-hydrogen) atoms. The Morgan fingerprint density at radius 2 is 1.90 bits per heavy atom. The molecule has 2 aromatic heterocycles. The summed E-state index contributed by atoms with van der Waals surface area (Å²) in [5.74, 6) is 0.500. The first-order valence-corrected chi connectivity index (χ1v) is 6.45. The maximum absolute atomic E-state index is 11.6. The molecule has 3 aromatic rings. The Kier molecular flexibility index (Phi) is 3.13. The standard InChI is InChI=1S/C13H14N6O2/c1-8-5-4-6-9(2)12(8)19-11(14-16-17-19)7-18-10(3)15-21-13(18)20/h4-6H,7H2,1-3H3. The molecular weight excluding hydrogens is 272 g/mol. The quantitative estimate of drug-likeness (QED) is 0.706. The molecule has 0 atom stereocenters. The van der Waals surface area contributed by atoms with Crippen LogP contribution in [0.3, 0.4) is 0 Å². The van der Waals surface area contributed by atoms with E-state index in [9.17, 15) is 4.79 Å². The second-order valence-corrected chi connectivity index (χ2v) is 4.83. The average molecular weight is 286 g/mol. The van der Waals surface area contributed by atoms with E-state index < -0.39 is 5.76 Å². The first kappa shape index (κ1) is 13.2. The van der Waals surface area contributed by atoms with Gasteiger partial charge in [-0.1, -0.05) is 23.4 Å². The van der Waals surface area contributed by atoms with Crippen molar-refractivity contribution in [1.82, 2.24) is 29.9 Å². The highest BCUT2D eigenvalue weighted by atomic mass is 16.5. The summed E-state index contributed by atoms with van der Waals surface area (Å²) >= 11 is 0. The summed E-state index contributed by atoms with van der Waals surface area (Å²) in [4.78, 5) is 11.6. The first-order valence-electron chi connectivity index (χ1n) is 6.45. The van der Waals surface area contributed by atoms with Crippen molar-refractivity contribution in [2.75, 3.05) is 0 Å². The minimum Gasteiger partial charge on any atom is -0.296 e. The molecule has 8 nitrogen and oxygen atoms in total. The van der Waals surface area contributed by atoms with E-state index in [-0.39, 0.29) is 6.54 Å². The fraction of sp³-hybridized carbons (Fsp3) is 0.308. The van der Waals surface area contributed by atoms with Gasteiger partial charge in [-0.05, 0) is 42.3 Å². The van der Waals surface area contributed by atoms with E-state index >= 15 is 0 Å². The normalized spacial score (nSPS) is 11.0. The predicted molar refractivity (Wildman–Crippen MR) is 73.2 cm³/mol. The number of hydrogen-bond donors (Lipinski definition) is 0. The number of nitrogens with zero attached hydrogens (tertiary/aromatic N) is 6. The van der Waals surface area contributed by atoms with E-state index in [0.29, 0.717) is 11.6 Å². The molecule has 0 aliphatic carbocycles. The molecule has 0 amide bonds. The molecule has 1 aromatic carbocycles. The molecule has 0 aliphatic heterocycles. The lowest BCUT2D eigenvalue weighted by Gasteiger charge is -2.10. The van der Waals surface area contributed by atoms with Crippen molar-refractivity contribution >= 4 is 0 Å². The lowest BCUT2D eigenvalue weighted by molar-refractivity contribution is 0.375. The van der Waals surface area contributed by atoms with Crippen LogP contribution in [0.2, 0.25) is 0 Å². The molecule has 108 valence electrons. The van der Waals surface area contributed by atoms with Gasteiger partial charge in [0.2, 0.25) is 0 Å². The molecule has 0 N–H and O–H groups in total. The fourth-order valence-corrected chi connectivity index (χ4v) is 2.27. The van der Waals surface area contributed by atoms with Crippen molar-refractivity contribution in [2.24, 2.45) is 0 Å². The maximum atomic E-state index is 11.6. The van der Waals surface area contributed by atoms with Gasteiger partial charge in [0.15, 0.2) is 11.6 Å². The van der Waals surface area contributed by atoms with Crippen LogP contribution in [0.4, 0.5) is 0 Å². The monoisotopic (exact) mass is 286 g/mol. The van der Waals surface area contributed by atoms with E-state index in [1.54, 1.807) is 11.6 Å². The molecule has 0 unspecified atom stereocenters. The third kappa shape index (κ3) is 2.24. The average Bonchev–Trinajstić information content (AvgIpc) is 3.01. The van der Waals surface area contributed by atoms with Gasteiger partial charge in [-0.3, -0.25) is 9.09 Å². The van der Waals surface area contributed by atoms with Gasteiger partial charge in [0.1, 0.15) is 0 Å². The molecule has 0 saturated carbocycles. The van der Waals surface area contributed by atoms with Crippen molar-refractivity contribution < 1.29 is 4.52 Å². The van der Waals surface area contributed by atoms with E-state index in [1.165, 1.54) is 4.57 Å². The molecule has 0 bridgehead atoms. The van der Waals surface area contributed by atoms with E-state index in [1.807, 2.05) is 32.0 Å². The highest BCUT2D eigenvalue weighted by Crippen LogP contribution is 2.18. The van der Waals surface area contributed by atoms with Crippen molar-refractivity contribution in [3.05, 3.63) is 51.5 Å². The molecule has 0 fully saturated rings. The predicted octanol–water partition coefficient (Wildman–Crippen LogP) is 0.786. The zero-order valence-corrected chi connectivity index (χ0v) is 11.9. The summed E-state index contributed by atoms with van der Waals surface area (Å²) in [6.45, 7) is 5.88. The third-order valence-corrected chi connectivity index (χ3v) is 3.35. The minimum absolute atomic E-state index is 0.203. The Bertz CT molecular complexity index is 824. The Morgan fingerprint density at radius 1 is 1.19 bits per heavy atom. The van der Waals surface area contributed by atoms with Crippen molar-refractivity contribution in [1.29, 1.82) is 0 Å². The SMILES string of the molecule is Cc1cccc(C)c1-n1nnnc1Cn1c(C)noc1=O.